The van der Waals surface area contributed by atoms with E-state index in [1.807, 2.05) is 20.8 Å². The van der Waals surface area contributed by atoms with Gasteiger partial charge in [0.15, 0.2) is 0 Å². The average molecular weight is 265 g/mol. The van der Waals surface area contributed by atoms with Crippen LogP contribution in [-0.4, -0.2) is 30.2 Å². The van der Waals surface area contributed by atoms with E-state index in [-0.39, 0.29) is 17.2 Å². The van der Waals surface area contributed by atoms with E-state index in [2.05, 4.69) is 5.32 Å². The van der Waals surface area contributed by atoms with Gasteiger partial charge in [0, 0.05) is 5.92 Å². The van der Waals surface area contributed by atoms with Crippen LogP contribution < -0.4 is 5.32 Å². The Balaban J connectivity index is 4.69. The van der Waals surface area contributed by atoms with E-state index in [4.69, 9.17) is 4.55 Å². The van der Waals surface area contributed by atoms with E-state index in [1.54, 1.807) is 20.8 Å². The van der Waals surface area contributed by atoms with Gasteiger partial charge < -0.3 is 5.32 Å². The first kappa shape index (κ1) is 16.4. The normalized spacial score (nSPS) is 15.5. The van der Waals surface area contributed by atoms with Crippen molar-refractivity contribution in [1.29, 1.82) is 0 Å². The summed E-state index contributed by atoms with van der Waals surface area (Å²) in [6.45, 7) is 10.7. The molecule has 1 unspecified atom stereocenters. The number of hydrogen-bond acceptors (Lipinski definition) is 3. The standard InChI is InChI=1S/C11H23NO4S/c1-8(10(2,3)4)9(13)12-11(5,6)7-17(14,15)16/h8H,7H2,1-6H3,(H,12,13)(H,14,15,16). The Morgan fingerprint density at radius 2 is 1.65 bits per heavy atom. The summed E-state index contributed by atoms with van der Waals surface area (Å²) in [5.74, 6) is -0.961. The zero-order valence-corrected chi connectivity index (χ0v) is 12.2. The Kier molecular flexibility index (Phi) is 4.76. The fourth-order valence-corrected chi connectivity index (χ4v) is 2.31. The summed E-state index contributed by atoms with van der Waals surface area (Å²) in [4.78, 5) is 11.9. The van der Waals surface area contributed by atoms with Crippen LogP contribution in [-0.2, 0) is 14.9 Å². The molecule has 0 saturated heterocycles. The Morgan fingerprint density at radius 1 is 1.24 bits per heavy atom. The van der Waals surface area contributed by atoms with Gasteiger partial charge in [-0.05, 0) is 19.3 Å². The maximum Gasteiger partial charge on any atom is 0.267 e. The van der Waals surface area contributed by atoms with Crippen LogP contribution in [0.5, 0.6) is 0 Å². The third-order valence-electron chi connectivity index (χ3n) is 2.70. The molecule has 0 fully saturated rings. The molecule has 0 spiro atoms. The van der Waals surface area contributed by atoms with Crippen molar-refractivity contribution in [3.05, 3.63) is 0 Å². The monoisotopic (exact) mass is 265 g/mol. The molecule has 17 heavy (non-hydrogen) atoms. The van der Waals surface area contributed by atoms with Crippen LogP contribution in [0.4, 0.5) is 0 Å². The maximum atomic E-state index is 11.9. The van der Waals surface area contributed by atoms with E-state index in [1.165, 1.54) is 0 Å². The summed E-state index contributed by atoms with van der Waals surface area (Å²) in [5.41, 5.74) is -1.18. The molecule has 0 bridgehead atoms. The molecule has 0 aromatic carbocycles. The second kappa shape index (κ2) is 4.94. The van der Waals surface area contributed by atoms with E-state index in [0.717, 1.165) is 0 Å². The summed E-state index contributed by atoms with van der Waals surface area (Å²) >= 11 is 0. The summed E-state index contributed by atoms with van der Waals surface area (Å²) < 4.78 is 30.4. The number of carbonyl (C=O) groups excluding carboxylic acids is 1. The summed E-state index contributed by atoms with van der Waals surface area (Å²) in [6.07, 6.45) is 0. The van der Waals surface area contributed by atoms with Crippen LogP contribution in [0.3, 0.4) is 0 Å². The van der Waals surface area contributed by atoms with Crippen LogP contribution in [0.1, 0.15) is 41.5 Å². The summed E-state index contributed by atoms with van der Waals surface area (Å²) in [6, 6.07) is 0. The van der Waals surface area contributed by atoms with Crippen molar-refractivity contribution in [3.8, 4) is 0 Å². The molecular formula is C11H23NO4S. The molecule has 0 saturated carbocycles. The number of rotatable bonds is 4. The van der Waals surface area contributed by atoms with Crippen molar-refractivity contribution in [2.75, 3.05) is 5.75 Å². The van der Waals surface area contributed by atoms with Crippen LogP contribution in [0.25, 0.3) is 0 Å². The molecule has 0 radical (unpaired) electrons. The van der Waals surface area contributed by atoms with Gasteiger partial charge in [-0.1, -0.05) is 27.7 Å². The smallest absolute Gasteiger partial charge is 0.267 e. The Labute approximate surface area is 104 Å². The van der Waals surface area contributed by atoms with Gasteiger partial charge in [0.05, 0.1) is 11.3 Å². The van der Waals surface area contributed by atoms with E-state index in [9.17, 15) is 13.2 Å². The first-order valence-corrected chi connectivity index (χ1v) is 7.13. The van der Waals surface area contributed by atoms with Gasteiger partial charge >= 0.3 is 0 Å². The predicted molar refractivity (Wildman–Crippen MR) is 67.3 cm³/mol. The highest BCUT2D eigenvalue weighted by Crippen LogP contribution is 2.26. The fraction of sp³-hybridized carbons (Fsp3) is 0.909. The zero-order valence-electron chi connectivity index (χ0n) is 11.4. The molecule has 0 aliphatic rings. The molecule has 1 amide bonds. The van der Waals surface area contributed by atoms with E-state index >= 15 is 0 Å². The Hall–Kier alpha value is -0.620. The number of hydrogen-bond donors (Lipinski definition) is 2. The molecule has 0 aromatic rings. The summed E-state index contributed by atoms with van der Waals surface area (Å²) in [5, 5.41) is 2.64. The molecule has 5 nitrogen and oxygen atoms in total. The van der Waals surface area contributed by atoms with Crippen molar-refractivity contribution in [2.45, 2.75) is 47.1 Å². The second-order valence-corrected chi connectivity index (χ2v) is 7.64. The number of nitrogens with one attached hydrogen (secondary N) is 1. The first-order chi connectivity index (χ1) is 7.25. The molecule has 2 N–H and O–H groups in total. The molecule has 6 heteroatoms. The lowest BCUT2D eigenvalue weighted by Gasteiger charge is -2.31. The highest BCUT2D eigenvalue weighted by molar-refractivity contribution is 7.85. The molecule has 102 valence electrons. The minimum absolute atomic E-state index is 0.196. The van der Waals surface area contributed by atoms with Gasteiger partial charge in [-0.3, -0.25) is 9.35 Å². The Bertz CT molecular complexity index is 379. The molecule has 1 atom stereocenters. The van der Waals surface area contributed by atoms with Gasteiger partial charge in [-0.25, -0.2) is 0 Å². The van der Waals surface area contributed by atoms with Crippen LogP contribution in [0.15, 0.2) is 0 Å². The van der Waals surface area contributed by atoms with Crippen molar-refractivity contribution in [3.63, 3.8) is 0 Å². The lowest BCUT2D eigenvalue weighted by Crippen LogP contribution is -2.51. The first-order valence-electron chi connectivity index (χ1n) is 5.52. The van der Waals surface area contributed by atoms with E-state index in [0.29, 0.717) is 0 Å². The molecular weight excluding hydrogens is 242 g/mol. The maximum absolute atomic E-state index is 11.9. The third kappa shape index (κ3) is 6.63. The topological polar surface area (TPSA) is 83.5 Å². The van der Waals surface area contributed by atoms with Crippen molar-refractivity contribution < 1.29 is 17.8 Å². The SMILES string of the molecule is CC(C(=O)NC(C)(C)CS(=O)(=O)O)C(C)(C)C. The van der Waals surface area contributed by atoms with Gasteiger partial charge in [-0.15, -0.1) is 0 Å². The fourth-order valence-electron chi connectivity index (χ4n) is 1.33. The lowest BCUT2D eigenvalue weighted by molar-refractivity contribution is -0.128. The van der Waals surface area contributed by atoms with Crippen LogP contribution in [0.2, 0.25) is 0 Å². The highest BCUT2D eigenvalue weighted by Gasteiger charge is 2.32. The van der Waals surface area contributed by atoms with E-state index < -0.39 is 21.4 Å². The second-order valence-electron chi connectivity index (χ2n) is 6.19. The van der Waals surface area contributed by atoms with Crippen molar-refractivity contribution >= 4 is 16.0 Å². The largest absolute Gasteiger partial charge is 0.350 e. The highest BCUT2D eigenvalue weighted by atomic mass is 32.2. The van der Waals surface area contributed by atoms with Crippen molar-refractivity contribution in [2.24, 2.45) is 11.3 Å². The third-order valence-corrected chi connectivity index (χ3v) is 3.78. The van der Waals surface area contributed by atoms with Gasteiger partial charge in [-0.2, -0.15) is 8.42 Å². The summed E-state index contributed by atoms with van der Waals surface area (Å²) in [7, 11) is -4.10. The molecule has 0 aliphatic heterocycles. The lowest BCUT2D eigenvalue weighted by atomic mass is 9.81. The molecule has 0 aliphatic carbocycles. The van der Waals surface area contributed by atoms with Gasteiger partial charge in [0.2, 0.25) is 5.91 Å². The van der Waals surface area contributed by atoms with Crippen LogP contribution in [0, 0.1) is 11.3 Å². The predicted octanol–water partition coefficient (Wildman–Crippen LogP) is 1.45. The Morgan fingerprint density at radius 3 is 1.94 bits per heavy atom. The zero-order chi connectivity index (χ0) is 14.1. The minimum Gasteiger partial charge on any atom is -0.350 e. The number of amides is 1. The molecule has 0 aromatic heterocycles. The average Bonchev–Trinajstić information content (AvgIpc) is 1.94. The van der Waals surface area contributed by atoms with Crippen LogP contribution >= 0.6 is 0 Å². The van der Waals surface area contributed by atoms with Crippen molar-refractivity contribution in [1.82, 2.24) is 5.32 Å². The number of carbonyl (C=O) groups is 1. The quantitative estimate of drug-likeness (QED) is 0.754. The minimum atomic E-state index is -4.10. The molecule has 0 heterocycles. The molecule has 0 rings (SSSR count). The van der Waals surface area contributed by atoms with Gasteiger partial charge in [0.1, 0.15) is 0 Å². The van der Waals surface area contributed by atoms with Gasteiger partial charge in [0.25, 0.3) is 10.1 Å².